The summed E-state index contributed by atoms with van der Waals surface area (Å²) in [7, 11) is 0. The van der Waals surface area contributed by atoms with Crippen molar-refractivity contribution >= 4 is 27.6 Å². The van der Waals surface area contributed by atoms with Gasteiger partial charge in [0.1, 0.15) is 6.07 Å². The quantitative estimate of drug-likeness (QED) is 0.481. The zero-order valence-corrected chi connectivity index (χ0v) is 9.43. The molecule has 0 atom stereocenters. The lowest BCUT2D eigenvalue weighted by Gasteiger charge is -2.01. The minimum atomic E-state index is -0.767. The first kappa shape index (κ1) is 12.1. The lowest BCUT2D eigenvalue weighted by Crippen LogP contribution is -2.05. The fraction of sp³-hybridized carbons (Fsp3) is 0.111. The molecule has 0 fully saturated rings. The maximum Gasteiger partial charge on any atom is 0.339 e. The van der Waals surface area contributed by atoms with Crippen LogP contribution in [0.5, 0.6) is 0 Å². The number of carbonyl (C=O) groups excluding carboxylic acids is 1. The number of halogens is 1. The molecule has 0 N–H and O–H groups in total. The van der Waals surface area contributed by atoms with Gasteiger partial charge in [-0.05, 0) is 28.1 Å². The van der Waals surface area contributed by atoms with Gasteiger partial charge in [0.25, 0.3) is 5.69 Å². The third-order valence-corrected chi connectivity index (χ3v) is 2.32. The molecule has 0 bridgehead atoms. The Morgan fingerprint density at radius 1 is 1.62 bits per heavy atom. The molecule has 7 heteroatoms. The first-order valence-corrected chi connectivity index (χ1v) is 4.83. The van der Waals surface area contributed by atoms with Gasteiger partial charge in [0.15, 0.2) is 6.61 Å². The summed E-state index contributed by atoms with van der Waals surface area (Å²) in [5.74, 6) is -0.767. The molecule has 0 aliphatic rings. The van der Waals surface area contributed by atoms with Crippen LogP contribution in [0.4, 0.5) is 5.69 Å². The van der Waals surface area contributed by atoms with Gasteiger partial charge < -0.3 is 4.74 Å². The second-order valence-corrected chi connectivity index (χ2v) is 3.51. The molecule has 16 heavy (non-hydrogen) atoms. The number of nitro groups is 1. The number of hydrogen-bond donors (Lipinski definition) is 0. The van der Waals surface area contributed by atoms with Gasteiger partial charge in [0, 0.05) is 6.07 Å². The average Bonchev–Trinajstić information content (AvgIpc) is 2.26. The van der Waals surface area contributed by atoms with E-state index in [-0.39, 0.29) is 22.3 Å². The van der Waals surface area contributed by atoms with E-state index in [1.807, 2.05) is 0 Å². The molecule has 0 aromatic heterocycles. The van der Waals surface area contributed by atoms with Crippen LogP contribution in [0.15, 0.2) is 22.7 Å². The topological polar surface area (TPSA) is 93.2 Å². The van der Waals surface area contributed by atoms with Crippen molar-refractivity contribution in [1.29, 1.82) is 5.26 Å². The molecular formula is C9H5BrN2O4. The summed E-state index contributed by atoms with van der Waals surface area (Å²) in [6.07, 6.45) is 0. The van der Waals surface area contributed by atoms with Crippen LogP contribution in [-0.4, -0.2) is 17.5 Å². The number of nitriles is 1. The summed E-state index contributed by atoms with van der Waals surface area (Å²) in [5.41, 5.74) is -0.198. The number of nitrogens with zero attached hydrogens (tertiary/aromatic N) is 2. The highest BCUT2D eigenvalue weighted by atomic mass is 79.9. The molecule has 0 spiro atoms. The van der Waals surface area contributed by atoms with E-state index < -0.39 is 10.9 Å². The number of benzene rings is 1. The van der Waals surface area contributed by atoms with Crippen molar-refractivity contribution < 1.29 is 14.5 Å². The molecule has 0 radical (unpaired) electrons. The lowest BCUT2D eigenvalue weighted by atomic mass is 10.2. The van der Waals surface area contributed by atoms with Crippen molar-refractivity contribution in [3.05, 3.63) is 38.3 Å². The molecule has 82 valence electrons. The minimum absolute atomic E-state index is 0.0325. The molecule has 0 saturated heterocycles. The van der Waals surface area contributed by atoms with E-state index in [1.165, 1.54) is 12.1 Å². The Balaban J connectivity index is 2.99. The van der Waals surface area contributed by atoms with Gasteiger partial charge in [-0.2, -0.15) is 5.26 Å². The van der Waals surface area contributed by atoms with Crippen LogP contribution in [0.3, 0.4) is 0 Å². The Labute approximate surface area is 98.7 Å². The van der Waals surface area contributed by atoms with E-state index in [0.717, 1.165) is 6.07 Å². The summed E-state index contributed by atoms with van der Waals surface area (Å²) in [6, 6.07) is 5.47. The van der Waals surface area contributed by atoms with Gasteiger partial charge in [-0.1, -0.05) is 0 Å². The molecular weight excluding hydrogens is 280 g/mol. The monoisotopic (exact) mass is 284 g/mol. The van der Waals surface area contributed by atoms with Crippen molar-refractivity contribution in [1.82, 2.24) is 0 Å². The summed E-state index contributed by atoms with van der Waals surface area (Å²) in [6.45, 7) is -0.386. The van der Waals surface area contributed by atoms with Crippen molar-refractivity contribution in [2.24, 2.45) is 0 Å². The Morgan fingerprint density at radius 3 is 2.88 bits per heavy atom. The summed E-state index contributed by atoms with van der Waals surface area (Å²) in [4.78, 5) is 21.2. The fourth-order valence-electron chi connectivity index (χ4n) is 0.961. The van der Waals surface area contributed by atoms with Crippen molar-refractivity contribution in [3.8, 4) is 6.07 Å². The van der Waals surface area contributed by atoms with Gasteiger partial charge in [-0.25, -0.2) is 4.79 Å². The second-order valence-electron chi connectivity index (χ2n) is 2.66. The van der Waals surface area contributed by atoms with Gasteiger partial charge in [-0.15, -0.1) is 0 Å². The Kier molecular flexibility index (Phi) is 3.96. The van der Waals surface area contributed by atoms with E-state index in [4.69, 9.17) is 5.26 Å². The van der Waals surface area contributed by atoms with Crippen LogP contribution in [0.1, 0.15) is 10.4 Å². The maximum atomic E-state index is 11.3. The van der Waals surface area contributed by atoms with Crippen LogP contribution >= 0.6 is 15.9 Å². The molecule has 0 aliphatic carbocycles. The van der Waals surface area contributed by atoms with Crippen molar-refractivity contribution in [3.63, 3.8) is 0 Å². The lowest BCUT2D eigenvalue weighted by molar-refractivity contribution is -0.385. The summed E-state index contributed by atoms with van der Waals surface area (Å²) >= 11 is 2.99. The number of hydrogen-bond acceptors (Lipinski definition) is 5. The van der Waals surface area contributed by atoms with E-state index in [1.54, 1.807) is 6.07 Å². The van der Waals surface area contributed by atoms with Gasteiger partial charge in [0.05, 0.1) is 15.0 Å². The van der Waals surface area contributed by atoms with E-state index >= 15 is 0 Å². The highest BCUT2D eigenvalue weighted by Crippen LogP contribution is 2.25. The Bertz CT molecular complexity index is 481. The average molecular weight is 285 g/mol. The smallest absolute Gasteiger partial charge is 0.339 e. The predicted molar refractivity (Wildman–Crippen MR) is 56.7 cm³/mol. The third-order valence-electron chi connectivity index (χ3n) is 1.65. The largest absolute Gasteiger partial charge is 0.447 e. The fourth-order valence-corrected chi connectivity index (χ4v) is 1.35. The number of ether oxygens (including phenoxy) is 1. The van der Waals surface area contributed by atoms with Crippen LogP contribution in [0, 0.1) is 21.4 Å². The van der Waals surface area contributed by atoms with Gasteiger partial charge in [-0.3, -0.25) is 10.1 Å². The highest BCUT2D eigenvalue weighted by Gasteiger charge is 2.16. The number of nitro benzene ring substituents is 1. The normalized spacial score (nSPS) is 9.25. The second kappa shape index (κ2) is 5.23. The number of rotatable bonds is 3. The van der Waals surface area contributed by atoms with Gasteiger partial charge >= 0.3 is 5.97 Å². The summed E-state index contributed by atoms with van der Waals surface area (Å²) < 4.78 is 4.79. The van der Waals surface area contributed by atoms with Crippen molar-refractivity contribution in [2.45, 2.75) is 0 Å². The molecule has 0 heterocycles. The number of esters is 1. The molecule has 1 aromatic carbocycles. The number of carbonyl (C=O) groups is 1. The van der Waals surface area contributed by atoms with Crippen LogP contribution in [-0.2, 0) is 4.74 Å². The van der Waals surface area contributed by atoms with Gasteiger partial charge in [0.2, 0.25) is 0 Å². The minimum Gasteiger partial charge on any atom is -0.447 e. The zero-order chi connectivity index (χ0) is 12.1. The predicted octanol–water partition coefficient (Wildman–Crippen LogP) is 2.04. The Hall–Kier alpha value is -1.94. The van der Waals surface area contributed by atoms with E-state index in [9.17, 15) is 14.9 Å². The van der Waals surface area contributed by atoms with Crippen LogP contribution in [0.25, 0.3) is 0 Å². The highest BCUT2D eigenvalue weighted by molar-refractivity contribution is 9.10. The van der Waals surface area contributed by atoms with Crippen molar-refractivity contribution in [2.75, 3.05) is 6.61 Å². The van der Waals surface area contributed by atoms with E-state index in [2.05, 4.69) is 20.7 Å². The molecule has 1 aromatic rings. The van der Waals surface area contributed by atoms with Crippen LogP contribution < -0.4 is 0 Å². The maximum absolute atomic E-state index is 11.3. The molecule has 1 rings (SSSR count). The molecule has 0 saturated carbocycles. The summed E-state index contributed by atoms with van der Waals surface area (Å²) in [5, 5.41) is 18.8. The zero-order valence-electron chi connectivity index (χ0n) is 7.84. The van der Waals surface area contributed by atoms with Crippen LogP contribution in [0.2, 0.25) is 0 Å². The standard InChI is InChI=1S/C9H5BrN2O4/c10-7-2-1-6(5-8(7)12(14)15)9(13)16-4-3-11/h1-2,5H,4H2. The van der Waals surface area contributed by atoms with E-state index in [0.29, 0.717) is 0 Å². The SMILES string of the molecule is N#CCOC(=O)c1ccc(Br)c([N+](=O)[O-])c1. The first-order chi connectivity index (χ1) is 7.56. The third kappa shape index (κ3) is 2.77. The molecule has 0 amide bonds. The Morgan fingerprint density at radius 2 is 2.31 bits per heavy atom. The molecule has 0 unspecified atom stereocenters. The molecule has 6 nitrogen and oxygen atoms in total. The molecule has 0 aliphatic heterocycles. The first-order valence-electron chi connectivity index (χ1n) is 4.04.